The first-order valence-electron chi connectivity index (χ1n) is 8.16. The molecule has 0 heterocycles. The Morgan fingerprint density at radius 2 is 1.86 bits per heavy atom. The van der Waals surface area contributed by atoms with Gasteiger partial charge >= 0.3 is 0 Å². The minimum absolute atomic E-state index is 0.363. The number of ether oxygens (including phenoxy) is 1. The normalized spacial score (nSPS) is 17.4. The molecule has 1 N–H and O–H groups in total. The average molecular weight is 283 g/mol. The number of nitrogens with one attached hydrogen (secondary N) is 1. The van der Waals surface area contributed by atoms with Crippen molar-refractivity contribution in [2.45, 2.75) is 44.8 Å². The summed E-state index contributed by atoms with van der Waals surface area (Å²) in [5.41, 5.74) is 1.34. The molecule has 112 valence electrons. The maximum absolute atomic E-state index is 5.90. The standard InChI is InChI=1S/C19H25NO/c1-15(20-12-13-21-19-8-4-5-9-19)17-11-10-16-6-2-3-7-18(16)14-17/h2-3,6-7,10-11,14-15,19-20H,4-5,8-9,12-13H2,1H3. The van der Waals surface area contributed by atoms with Crippen LogP contribution in [0.25, 0.3) is 10.8 Å². The van der Waals surface area contributed by atoms with Crippen LogP contribution in [-0.4, -0.2) is 19.3 Å². The molecule has 1 unspecified atom stereocenters. The third-order valence-corrected chi connectivity index (χ3v) is 4.48. The van der Waals surface area contributed by atoms with Crippen LogP contribution < -0.4 is 5.32 Å². The van der Waals surface area contributed by atoms with E-state index in [0.717, 1.165) is 13.2 Å². The summed E-state index contributed by atoms with van der Waals surface area (Å²) in [7, 11) is 0. The van der Waals surface area contributed by atoms with Crippen molar-refractivity contribution in [3.8, 4) is 0 Å². The molecule has 0 saturated heterocycles. The van der Waals surface area contributed by atoms with Crippen molar-refractivity contribution in [2.24, 2.45) is 0 Å². The highest BCUT2D eigenvalue weighted by Crippen LogP contribution is 2.21. The molecular weight excluding hydrogens is 258 g/mol. The van der Waals surface area contributed by atoms with E-state index in [0.29, 0.717) is 12.1 Å². The van der Waals surface area contributed by atoms with Crippen LogP contribution >= 0.6 is 0 Å². The summed E-state index contributed by atoms with van der Waals surface area (Å²) in [6, 6.07) is 15.6. The molecule has 1 aliphatic rings. The molecule has 0 radical (unpaired) electrons. The minimum Gasteiger partial charge on any atom is -0.377 e. The number of hydrogen-bond acceptors (Lipinski definition) is 2. The second-order valence-electron chi connectivity index (χ2n) is 6.06. The highest BCUT2D eigenvalue weighted by atomic mass is 16.5. The number of hydrogen-bond donors (Lipinski definition) is 1. The highest BCUT2D eigenvalue weighted by Gasteiger charge is 2.14. The number of fused-ring (bicyclic) bond motifs is 1. The lowest BCUT2D eigenvalue weighted by molar-refractivity contribution is 0.0593. The van der Waals surface area contributed by atoms with E-state index >= 15 is 0 Å². The fraction of sp³-hybridized carbons (Fsp3) is 0.474. The molecule has 0 amide bonds. The minimum atomic E-state index is 0.363. The lowest BCUT2D eigenvalue weighted by atomic mass is 10.0. The Labute approximate surface area is 127 Å². The molecule has 2 aromatic carbocycles. The van der Waals surface area contributed by atoms with Gasteiger partial charge in [0.05, 0.1) is 12.7 Å². The Hall–Kier alpha value is -1.38. The van der Waals surface area contributed by atoms with E-state index in [4.69, 9.17) is 4.74 Å². The van der Waals surface area contributed by atoms with Crippen LogP contribution in [0.2, 0.25) is 0 Å². The van der Waals surface area contributed by atoms with Gasteiger partial charge in [0.2, 0.25) is 0 Å². The topological polar surface area (TPSA) is 21.3 Å². The van der Waals surface area contributed by atoms with E-state index in [-0.39, 0.29) is 0 Å². The quantitative estimate of drug-likeness (QED) is 0.791. The Kier molecular flexibility index (Phi) is 4.89. The summed E-state index contributed by atoms with van der Waals surface area (Å²) in [4.78, 5) is 0. The SMILES string of the molecule is CC(NCCOC1CCCC1)c1ccc2ccccc2c1. The summed E-state index contributed by atoms with van der Waals surface area (Å²) >= 11 is 0. The lowest BCUT2D eigenvalue weighted by Gasteiger charge is -2.16. The molecule has 0 aromatic heterocycles. The van der Waals surface area contributed by atoms with E-state index in [1.54, 1.807) is 0 Å². The van der Waals surface area contributed by atoms with Gasteiger partial charge in [-0.2, -0.15) is 0 Å². The molecule has 0 spiro atoms. The van der Waals surface area contributed by atoms with Gasteiger partial charge in [0.1, 0.15) is 0 Å². The molecule has 1 saturated carbocycles. The Morgan fingerprint density at radius 3 is 2.67 bits per heavy atom. The number of benzene rings is 2. The Balaban J connectivity index is 1.50. The van der Waals surface area contributed by atoms with E-state index in [1.807, 2.05) is 0 Å². The predicted octanol–water partition coefficient (Wildman–Crippen LogP) is 4.45. The fourth-order valence-electron chi connectivity index (χ4n) is 3.15. The van der Waals surface area contributed by atoms with E-state index in [2.05, 4.69) is 54.7 Å². The van der Waals surface area contributed by atoms with Gasteiger partial charge in [-0.1, -0.05) is 49.2 Å². The number of rotatable bonds is 6. The van der Waals surface area contributed by atoms with Gasteiger partial charge in [0.15, 0.2) is 0 Å². The largest absolute Gasteiger partial charge is 0.377 e. The van der Waals surface area contributed by atoms with Crippen molar-refractivity contribution in [3.05, 3.63) is 48.0 Å². The first-order chi connectivity index (χ1) is 10.3. The van der Waals surface area contributed by atoms with Crippen LogP contribution in [0.5, 0.6) is 0 Å². The van der Waals surface area contributed by atoms with Gasteiger partial charge in [-0.05, 0) is 42.2 Å². The van der Waals surface area contributed by atoms with Crippen molar-refractivity contribution >= 4 is 10.8 Å². The second-order valence-corrected chi connectivity index (χ2v) is 6.06. The molecule has 2 aromatic rings. The van der Waals surface area contributed by atoms with E-state index < -0.39 is 0 Å². The van der Waals surface area contributed by atoms with Crippen LogP contribution in [0, 0.1) is 0 Å². The molecule has 0 aliphatic heterocycles. The summed E-state index contributed by atoms with van der Waals surface area (Å²) in [6.45, 7) is 3.97. The van der Waals surface area contributed by atoms with Gasteiger partial charge in [-0.15, -0.1) is 0 Å². The van der Waals surface area contributed by atoms with Crippen LogP contribution in [0.3, 0.4) is 0 Å². The third kappa shape index (κ3) is 3.84. The van der Waals surface area contributed by atoms with Gasteiger partial charge in [-0.25, -0.2) is 0 Å². The van der Waals surface area contributed by atoms with Gasteiger partial charge in [0.25, 0.3) is 0 Å². The molecule has 1 aliphatic carbocycles. The molecule has 1 atom stereocenters. The summed E-state index contributed by atoms with van der Waals surface area (Å²) in [5.74, 6) is 0. The van der Waals surface area contributed by atoms with Crippen molar-refractivity contribution in [2.75, 3.05) is 13.2 Å². The zero-order valence-corrected chi connectivity index (χ0v) is 12.8. The molecule has 2 heteroatoms. The van der Waals surface area contributed by atoms with Gasteiger partial charge in [-0.3, -0.25) is 0 Å². The molecule has 21 heavy (non-hydrogen) atoms. The maximum atomic E-state index is 5.90. The predicted molar refractivity (Wildman–Crippen MR) is 88.6 cm³/mol. The molecule has 1 fully saturated rings. The summed E-state index contributed by atoms with van der Waals surface area (Å²) in [6.07, 6.45) is 5.69. The first kappa shape index (κ1) is 14.6. The smallest absolute Gasteiger partial charge is 0.0594 e. The van der Waals surface area contributed by atoms with Crippen molar-refractivity contribution in [1.29, 1.82) is 0 Å². The highest BCUT2D eigenvalue weighted by molar-refractivity contribution is 5.83. The first-order valence-corrected chi connectivity index (χ1v) is 8.16. The summed E-state index contributed by atoms with van der Waals surface area (Å²) in [5, 5.41) is 6.18. The van der Waals surface area contributed by atoms with Crippen LogP contribution in [-0.2, 0) is 4.74 Å². The third-order valence-electron chi connectivity index (χ3n) is 4.48. The van der Waals surface area contributed by atoms with Crippen LogP contribution in [0.4, 0.5) is 0 Å². The van der Waals surface area contributed by atoms with Crippen LogP contribution in [0.15, 0.2) is 42.5 Å². The zero-order chi connectivity index (χ0) is 14.5. The second kappa shape index (κ2) is 7.06. The summed E-state index contributed by atoms with van der Waals surface area (Å²) < 4.78 is 5.90. The van der Waals surface area contributed by atoms with E-state index in [1.165, 1.54) is 42.0 Å². The van der Waals surface area contributed by atoms with Gasteiger partial charge in [0, 0.05) is 12.6 Å². The van der Waals surface area contributed by atoms with Crippen molar-refractivity contribution < 1.29 is 4.74 Å². The van der Waals surface area contributed by atoms with Crippen LogP contribution in [0.1, 0.15) is 44.2 Å². The zero-order valence-electron chi connectivity index (χ0n) is 12.8. The van der Waals surface area contributed by atoms with E-state index in [9.17, 15) is 0 Å². The van der Waals surface area contributed by atoms with Crippen molar-refractivity contribution in [1.82, 2.24) is 5.32 Å². The maximum Gasteiger partial charge on any atom is 0.0594 e. The van der Waals surface area contributed by atoms with Gasteiger partial charge < -0.3 is 10.1 Å². The average Bonchev–Trinajstić information content (AvgIpc) is 3.04. The Morgan fingerprint density at radius 1 is 1.10 bits per heavy atom. The molecular formula is C19H25NO. The monoisotopic (exact) mass is 283 g/mol. The Bertz CT molecular complexity index is 575. The lowest BCUT2D eigenvalue weighted by Crippen LogP contribution is -2.25. The molecule has 0 bridgehead atoms. The molecule has 2 nitrogen and oxygen atoms in total. The molecule has 3 rings (SSSR count). The fourth-order valence-corrected chi connectivity index (χ4v) is 3.15. The van der Waals surface area contributed by atoms with Crippen molar-refractivity contribution in [3.63, 3.8) is 0 Å².